The highest BCUT2D eigenvalue weighted by Gasteiger charge is 2.42. The fraction of sp³-hybridized carbons (Fsp3) is 0.615. The van der Waals surface area contributed by atoms with E-state index in [1.54, 1.807) is 11.3 Å². The molecular formula is C13H16BrNOS. The van der Waals surface area contributed by atoms with Crippen molar-refractivity contribution in [1.82, 2.24) is 4.90 Å². The molecule has 1 aromatic heterocycles. The Bertz CT molecular complexity index is 392. The van der Waals surface area contributed by atoms with Gasteiger partial charge in [-0.2, -0.15) is 0 Å². The zero-order valence-electron chi connectivity index (χ0n) is 9.64. The van der Waals surface area contributed by atoms with E-state index >= 15 is 0 Å². The molecule has 1 aromatic rings. The number of thiophene rings is 1. The lowest BCUT2D eigenvalue weighted by molar-refractivity contribution is -0.134. The number of piperidine rings is 1. The first-order valence-electron chi connectivity index (χ1n) is 6.21. The predicted molar refractivity (Wildman–Crippen MR) is 73.6 cm³/mol. The molecule has 0 aromatic carbocycles. The van der Waals surface area contributed by atoms with Gasteiger partial charge in [0.2, 0.25) is 5.91 Å². The fourth-order valence-electron chi connectivity index (χ4n) is 3.17. The van der Waals surface area contributed by atoms with Crippen LogP contribution in [-0.2, 0) is 11.2 Å². The highest BCUT2D eigenvalue weighted by molar-refractivity contribution is 9.09. The lowest BCUT2D eigenvalue weighted by Crippen LogP contribution is -2.47. The van der Waals surface area contributed by atoms with E-state index in [1.807, 2.05) is 11.4 Å². The second kappa shape index (κ2) is 4.73. The van der Waals surface area contributed by atoms with Crippen molar-refractivity contribution in [2.24, 2.45) is 0 Å². The SMILES string of the molecule is O=C(Cc1cccs1)N1C2CCC1CC(Br)C2. The Kier molecular flexibility index (Phi) is 3.26. The Morgan fingerprint density at radius 1 is 1.41 bits per heavy atom. The van der Waals surface area contributed by atoms with Crippen LogP contribution in [0.15, 0.2) is 17.5 Å². The summed E-state index contributed by atoms with van der Waals surface area (Å²) in [6, 6.07) is 5.06. The number of hydrogen-bond acceptors (Lipinski definition) is 2. The molecule has 2 nitrogen and oxygen atoms in total. The van der Waals surface area contributed by atoms with Crippen LogP contribution < -0.4 is 0 Å². The Morgan fingerprint density at radius 3 is 2.71 bits per heavy atom. The van der Waals surface area contributed by atoms with Gasteiger partial charge < -0.3 is 4.90 Å². The van der Waals surface area contributed by atoms with Gasteiger partial charge in [0.1, 0.15) is 0 Å². The minimum atomic E-state index is 0.333. The van der Waals surface area contributed by atoms with Gasteiger partial charge >= 0.3 is 0 Å². The molecule has 1 amide bonds. The highest BCUT2D eigenvalue weighted by Crippen LogP contribution is 2.38. The standard InChI is InChI=1S/C13H16BrNOS/c14-9-6-10-3-4-11(7-9)15(10)13(16)8-12-2-1-5-17-12/h1-2,5,9-11H,3-4,6-8H2. The number of carbonyl (C=O) groups excluding carboxylic acids is 1. The third-order valence-corrected chi connectivity index (χ3v) is 5.49. The largest absolute Gasteiger partial charge is 0.336 e. The first-order valence-corrected chi connectivity index (χ1v) is 8.01. The first kappa shape index (κ1) is 11.7. The topological polar surface area (TPSA) is 20.3 Å². The van der Waals surface area contributed by atoms with Crippen molar-refractivity contribution in [3.63, 3.8) is 0 Å². The van der Waals surface area contributed by atoms with Crippen molar-refractivity contribution in [1.29, 1.82) is 0 Å². The second-order valence-electron chi connectivity index (χ2n) is 5.01. The maximum absolute atomic E-state index is 12.4. The predicted octanol–water partition coefficient (Wildman–Crippen LogP) is 3.21. The molecule has 2 saturated heterocycles. The summed E-state index contributed by atoms with van der Waals surface area (Å²) >= 11 is 5.39. The summed E-state index contributed by atoms with van der Waals surface area (Å²) in [6.45, 7) is 0. The van der Waals surface area contributed by atoms with Gasteiger partial charge in [-0.1, -0.05) is 22.0 Å². The number of halogens is 1. The van der Waals surface area contributed by atoms with Gasteiger partial charge in [0, 0.05) is 21.8 Å². The molecule has 2 unspecified atom stereocenters. The van der Waals surface area contributed by atoms with E-state index in [-0.39, 0.29) is 0 Å². The minimum Gasteiger partial charge on any atom is -0.336 e. The lowest BCUT2D eigenvalue weighted by atomic mass is 10.0. The van der Waals surface area contributed by atoms with E-state index in [4.69, 9.17) is 0 Å². The van der Waals surface area contributed by atoms with Gasteiger partial charge in [-0.25, -0.2) is 0 Å². The van der Waals surface area contributed by atoms with Crippen LogP contribution in [0.1, 0.15) is 30.6 Å². The number of hydrogen-bond donors (Lipinski definition) is 0. The molecule has 4 heteroatoms. The fourth-order valence-corrected chi connectivity index (χ4v) is 4.73. The minimum absolute atomic E-state index is 0.333. The molecule has 2 atom stereocenters. The van der Waals surface area contributed by atoms with Gasteiger partial charge in [-0.3, -0.25) is 4.79 Å². The molecule has 2 fully saturated rings. The summed E-state index contributed by atoms with van der Waals surface area (Å²) < 4.78 is 0. The smallest absolute Gasteiger partial charge is 0.228 e. The number of carbonyl (C=O) groups is 1. The van der Waals surface area contributed by atoms with Gasteiger partial charge in [-0.05, 0) is 37.1 Å². The summed E-state index contributed by atoms with van der Waals surface area (Å²) in [6.07, 6.45) is 5.25. The van der Waals surface area contributed by atoms with Crippen molar-refractivity contribution in [2.75, 3.05) is 0 Å². The van der Waals surface area contributed by atoms with Crippen molar-refractivity contribution >= 4 is 33.2 Å². The normalized spacial score (nSPS) is 31.8. The molecule has 0 saturated carbocycles. The van der Waals surface area contributed by atoms with Crippen molar-refractivity contribution < 1.29 is 4.79 Å². The summed E-state index contributed by atoms with van der Waals surface area (Å²) in [5, 5.41) is 2.04. The van der Waals surface area contributed by atoms with Crippen LogP contribution in [-0.4, -0.2) is 27.7 Å². The summed E-state index contributed by atoms with van der Waals surface area (Å²) in [5.74, 6) is 0.333. The molecule has 2 bridgehead atoms. The van der Waals surface area contributed by atoms with E-state index in [1.165, 1.54) is 17.7 Å². The third kappa shape index (κ3) is 2.29. The molecular weight excluding hydrogens is 298 g/mol. The van der Waals surface area contributed by atoms with E-state index in [2.05, 4.69) is 26.9 Å². The number of nitrogens with zero attached hydrogens (tertiary/aromatic N) is 1. The molecule has 0 radical (unpaired) electrons. The summed E-state index contributed by atoms with van der Waals surface area (Å²) in [7, 11) is 0. The molecule has 17 heavy (non-hydrogen) atoms. The van der Waals surface area contributed by atoms with Crippen LogP contribution in [0.4, 0.5) is 0 Å². The molecule has 0 spiro atoms. The zero-order valence-corrected chi connectivity index (χ0v) is 12.0. The highest BCUT2D eigenvalue weighted by atomic mass is 79.9. The monoisotopic (exact) mass is 313 g/mol. The number of fused-ring (bicyclic) bond motifs is 2. The van der Waals surface area contributed by atoms with Gasteiger partial charge in [0.15, 0.2) is 0 Å². The Hall–Kier alpha value is -0.350. The second-order valence-corrected chi connectivity index (χ2v) is 7.34. The maximum atomic E-state index is 12.4. The zero-order chi connectivity index (χ0) is 11.8. The van der Waals surface area contributed by atoms with Gasteiger partial charge in [-0.15, -0.1) is 11.3 Å². The number of amides is 1. The Labute approximate surface area is 114 Å². The van der Waals surface area contributed by atoms with Crippen LogP contribution in [0.2, 0.25) is 0 Å². The average Bonchev–Trinajstić information content (AvgIpc) is 2.86. The Balaban J connectivity index is 1.70. The van der Waals surface area contributed by atoms with Gasteiger partial charge in [0.05, 0.1) is 6.42 Å². The van der Waals surface area contributed by atoms with Crippen LogP contribution in [0, 0.1) is 0 Å². The van der Waals surface area contributed by atoms with Crippen molar-refractivity contribution in [3.8, 4) is 0 Å². The van der Waals surface area contributed by atoms with E-state index in [0.717, 1.165) is 12.8 Å². The summed E-state index contributed by atoms with van der Waals surface area (Å²) in [4.78, 5) is 16.3. The van der Waals surface area contributed by atoms with Crippen molar-refractivity contribution in [3.05, 3.63) is 22.4 Å². The van der Waals surface area contributed by atoms with Gasteiger partial charge in [0.25, 0.3) is 0 Å². The lowest BCUT2D eigenvalue weighted by Gasteiger charge is -2.37. The van der Waals surface area contributed by atoms with Crippen LogP contribution in [0.5, 0.6) is 0 Å². The Morgan fingerprint density at radius 2 is 2.12 bits per heavy atom. The van der Waals surface area contributed by atoms with Crippen molar-refractivity contribution in [2.45, 2.75) is 49.0 Å². The molecule has 0 N–H and O–H groups in total. The number of alkyl halides is 1. The maximum Gasteiger partial charge on any atom is 0.228 e. The van der Waals surface area contributed by atoms with E-state index in [0.29, 0.717) is 29.2 Å². The first-order chi connectivity index (χ1) is 8.24. The van der Waals surface area contributed by atoms with E-state index in [9.17, 15) is 4.79 Å². The summed E-state index contributed by atoms with van der Waals surface area (Å²) in [5.41, 5.74) is 0. The molecule has 0 aliphatic carbocycles. The van der Waals surface area contributed by atoms with Crippen LogP contribution in [0.25, 0.3) is 0 Å². The number of rotatable bonds is 2. The van der Waals surface area contributed by atoms with Crippen LogP contribution >= 0.6 is 27.3 Å². The molecule has 2 aliphatic rings. The molecule has 2 aliphatic heterocycles. The van der Waals surface area contributed by atoms with E-state index < -0.39 is 0 Å². The molecule has 3 heterocycles. The third-order valence-electron chi connectivity index (χ3n) is 3.87. The molecule has 92 valence electrons. The van der Waals surface area contributed by atoms with Crippen LogP contribution in [0.3, 0.4) is 0 Å². The quantitative estimate of drug-likeness (QED) is 0.768. The molecule has 3 rings (SSSR count). The average molecular weight is 314 g/mol.